The molecule has 3 aromatic rings. The quantitative estimate of drug-likeness (QED) is 0.410. The summed E-state index contributed by atoms with van der Waals surface area (Å²) in [5.41, 5.74) is 6.02. The van der Waals surface area contributed by atoms with Crippen LogP contribution in [0, 0.1) is 5.92 Å². The van der Waals surface area contributed by atoms with Crippen LogP contribution in [0.2, 0.25) is 0 Å². The van der Waals surface area contributed by atoms with E-state index in [0.717, 1.165) is 26.7 Å². The molecule has 3 heteroatoms. The van der Waals surface area contributed by atoms with E-state index in [9.17, 15) is 0 Å². The van der Waals surface area contributed by atoms with E-state index in [1.54, 1.807) is 0 Å². The van der Waals surface area contributed by atoms with Crippen molar-refractivity contribution in [1.82, 2.24) is 0 Å². The number of rotatable bonds is 5. The third-order valence-corrected chi connectivity index (χ3v) is 5.06. The highest BCUT2D eigenvalue weighted by molar-refractivity contribution is 9.10. The number of anilines is 2. The van der Waals surface area contributed by atoms with Crippen molar-refractivity contribution >= 4 is 43.2 Å². The van der Waals surface area contributed by atoms with Gasteiger partial charge in [-0.15, -0.1) is 0 Å². The fraction of sp³-hybridized carbons (Fsp3) is 0.182. The van der Waals surface area contributed by atoms with E-state index in [-0.39, 0.29) is 0 Å². The lowest BCUT2D eigenvalue weighted by molar-refractivity contribution is 0.647. The van der Waals surface area contributed by atoms with Gasteiger partial charge in [-0.2, -0.15) is 0 Å². The first-order valence-corrected chi connectivity index (χ1v) is 10.0. The molecule has 0 radical (unpaired) electrons. The fourth-order valence-electron chi connectivity index (χ4n) is 2.86. The standard InChI is InChI=1S/C22H21Br2N/c1-15(2)13-16-3-12-22(25-20-10-8-19(24)9-11-20)21(14-16)17-4-6-18(23)7-5-17/h3-12,14-15,25H,13H2,1-2H3. The lowest BCUT2D eigenvalue weighted by Gasteiger charge is -2.15. The minimum absolute atomic E-state index is 0.642. The number of halogens is 2. The SMILES string of the molecule is CC(C)Cc1ccc(Nc2ccc(Br)cc2)c(-c2ccc(Br)cc2)c1. The highest BCUT2D eigenvalue weighted by Gasteiger charge is 2.09. The fourth-order valence-corrected chi connectivity index (χ4v) is 3.38. The van der Waals surface area contributed by atoms with Crippen LogP contribution in [0.4, 0.5) is 11.4 Å². The van der Waals surface area contributed by atoms with Crippen LogP contribution >= 0.6 is 31.9 Å². The molecule has 0 aromatic heterocycles. The summed E-state index contributed by atoms with van der Waals surface area (Å²) in [5, 5.41) is 3.56. The van der Waals surface area contributed by atoms with Gasteiger partial charge in [0.25, 0.3) is 0 Å². The van der Waals surface area contributed by atoms with Crippen LogP contribution in [0.5, 0.6) is 0 Å². The minimum Gasteiger partial charge on any atom is -0.355 e. The average molecular weight is 459 g/mol. The molecule has 0 bridgehead atoms. The molecule has 3 aromatic carbocycles. The molecule has 1 nitrogen and oxygen atoms in total. The molecule has 0 aliphatic rings. The van der Waals surface area contributed by atoms with Gasteiger partial charge in [-0.25, -0.2) is 0 Å². The Labute approximate surface area is 166 Å². The van der Waals surface area contributed by atoms with Crippen molar-refractivity contribution in [2.45, 2.75) is 20.3 Å². The van der Waals surface area contributed by atoms with E-state index in [2.05, 4.69) is 118 Å². The van der Waals surface area contributed by atoms with Gasteiger partial charge < -0.3 is 5.32 Å². The van der Waals surface area contributed by atoms with E-state index >= 15 is 0 Å². The minimum atomic E-state index is 0.642. The second-order valence-corrected chi connectivity index (χ2v) is 8.45. The maximum absolute atomic E-state index is 3.56. The van der Waals surface area contributed by atoms with Crippen LogP contribution in [-0.4, -0.2) is 0 Å². The van der Waals surface area contributed by atoms with Gasteiger partial charge in [0, 0.05) is 25.9 Å². The Morgan fingerprint density at radius 3 is 2.00 bits per heavy atom. The Morgan fingerprint density at radius 2 is 1.40 bits per heavy atom. The maximum Gasteiger partial charge on any atom is 0.0464 e. The molecular weight excluding hydrogens is 438 g/mol. The number of hydrogen-bond acceptors (Lipinski definition) is 1. The zero-order chi connectivity index (χ0) is 17.8. The Hall–Kier alpha value is -1.58. The molecule has 0 unspecified atom stereocenters. The van der Waals surface area contributed by atoms with Gasteiger partial charge in [0.1, 0.15) is 0 Å². The van der Waals surface area contributed by atoms with Gasteiger partial charge in [-0.3, -0.25) is 0 Å². The molecule has 0 amide bonds. The van der Waals surface area contributed by atoms with Crippen molar-refractivity contribution in [2.75, 3.05) is 5.32 Å². The van der Waals surface area contributed by atoms with Gasteiger partial charge in [-0.1, -0.05) is 63.9 Å². The van der Waals surface area contributed by atoms with Crippen molar-refractivity contribution in [1.29, 1.82) is 0 Å². The van der Waals surface area contributed by atoms with Gasteiger partial charge in [-0.05, 0) is 72.0 Å². The second-order valence-electron chi connectivity index (χ2n) is 6.62. The van der Waals surface area contributed by atoms with Crippen LogP contribution in [-0.2, 0) is 6.42 Å². The van der Waals surface area contributed by atoms with Crippen LogP contribution in [0.3, 0.4) is 0 Å². The highest BCUT2D eigenvalue weighted by atomic mass is 79.9. The smallest absolute Gasteiger partial charge is 0.0464 e. The van der Waals surface area contributed by atoms with Crippen molar-refractivity contribution in [3.05, 3.63) is 81.2 Å². The third-order valence-electron chi connectivity index (χ3n) is 4.01. The number of hydrogen-bond donors (Lipinski definition) is 1. The van der Waals surface area contributed by atoms with Crippen LogP contribution < -0.4 is 5.32 Å². The first-order valence-electron chi connectivity index (χ1n) is 8.43. The predicted octanol–water partition coefficient (Wildman–Crippen LogP) is 7.82. The number of nitrogens with one attached hydrogen (secondary N) is 1. The summed E-state index contributed by atoms with van der Waals surface area (Å²) < 4.78 is 2.18. The molecule has 0 fully saturated rings. The second kappa shape index (κ2) is 8.20. The van der Waals surface area contributed by atoms with Gasteiger partial charge in [0.15, 0.2) is 0 Å². The molecule has 0 aliphatic carbocycles. The Balaban J connectivity index is 2.00. The molecule has 0 heterocycles. The summed E-state index contributed by atoms with van der Waals surface area (Å²) in [6.45, 7) is 4.51. The molecule has 0 saturated heterocycles. The van der Waals surface area contributed by atoms with Crippen molar-refractivity contribution in [3.63, 3.8) is 0 Å². The zero-order valence-electron chi connectivity index (χ0n) is 14.4. The van der Waals surface area contributed by atoms with Gasteiger partial charge in [0.05, 0.1) is 0 Å². The highest BCUT2D eigenvalue weighted by Crippen LogP contribution is 2.33. The van der Waals surface area contributed by atoms with E-state index < -0.39 is 0 Å². The Morgan fingerprint density at radius 1 is 0.800 bits per heavy atom. The number of benzene rings is 3. The molecule has 0 saturated carbocycles. The van der Waals surface area contributed by atoms with Gasteiger partial charge >= 0.3 is 0 Å². The average Bonchev–Trinajstić information content (AvgIpc) is 2.58. The topological polar surface area (TPSA) is 12.0 Å². The molecule has 0 aliphatic heterocycles. The molecule has 25 heavy (non-hydrogen) atoms. The lowest BCUT2D eigenvalue weighted by Crippen LogP contribution is -1.98. The van der Waals surface area contributed by atoms with Crippen molar-refractivity contribution in [3.8, 4) is 11.1 Å². The molecule has 128 valence electrons. The van der Waals surface area contributed by atoms with Crippen LogP contribution in [0.15, 0.2) is 75.7 Å². The van der Waals surface area contributed by atoms with E-state index in [0.29, 0.717) is 5.92 Å². The normalized spacial score (nSPS) is 10.9. The van der Waals surface area contributed by atoms with Crippen LogP contribution in [0.1, 0.15) is 19.4 Å². The monoisotopic (exact) mass is 457 g/mol. The molecule has 0 atom stereocenters. The summed E-state index contributed by atoms with van der Waals surface area (Å²) in [5.74, 6) is 0.642. The lowest BCUT2D eigenvalue weighted by atomic mass is 9.96. The Bertz CT molecular complexity index is 837. The van der Waals surface area contributed by atoms with Crippen LogP contribution in [0.25, 0.3) is 11.1 Å². The largest absolute Gasteiger partial charge is 0.355 e. The van der Waals surface area contributed by atoms with Gasteiger partial charge in [0.2, 0.25) is 0 Å². The third kappa shape index (κ3) is 4.96. The van der Waals surface area contributed by atoms with E-state index in [1.807, 2.05) is 0 Å². The molecule has 0 spiro atoms. The summed E-state index contributed by atoms with van der Waals surface area (Å²) in [6, 6.07) is 23.5. The van der Waals surface area contributed by atoms with Crippen molar-refractivity contribution in [2.24, 2.45) is 5.92 Å². The predicted molar refractivity (Wildman–Crippen MR) is 116 cm³/mol. The van der Waals surface area contributed by atoms with Crippen molar-refractivity contribution < 1.29 is 0 Å². The Kier molecular flexibility index (Phi) is 5.98. The first kappa shape index (κ1) is 18.2. The maximum atomic E-state index is 3.56. The molecule has 3 rings (SSSR count). The summed E-state index contributed by atoms with van der Waals surface area (Å²) in [6.07, 6.45) is 1.09. The van der Waals surface area contributed by atoms with E-state index in [4.69, 9.17) is 0 Å². The molecule has 1 N–H and O–H groups in total. The zero-order valence-corrected chi connectivity index (χ0v) is 17.6. The van der Waals surface area contributed by atoms with E-state index in [1.165, 1.54) is 16.7 Å². The molecular formula is C22H21Br2N. The summed E-state index contributed by atoms with van der Waals surface area (Å²) in [7, 11) is 0. The summed E-state index contributed by atoms with van der Waals surface area (Å²) in [4.78, 5) is 0. The summed E-state index contributed by atoms with van der Waals surface area (Å²) >= 11 is 7.01. The first-order chi connectivity index (χ1) is 12.0.